The summed E-state index contributed by atoms with van der Waals surface area (Å²) in [5, 5.41) is 6.49. The Labute approximate surface area is 132 Å². The number of aromatic nitrogens is 1. The molecule has 0 atom stereocenters. The largest absolute Gasteiger partial charge is 0.325 e. The monoisotopic (exact) mass is 313 g/mol. The van der Waals surface area contributed by atoms with Crippen molar-refractivity contribution in [1.82, 2.24) is 4.98 Å². The lowest BCUT2D eigenvalue weighted by Crippen LogP contribution is -2.12. The van der Waals surface area contributed by atoms with Crippen LogP contribution in [0, 0.1) is 0 Å². The molecule has 0 saturated heterocycles. The molecular formula is C16H15N3O2S. The minimum Gasteiger partial charge on any atom is -0.325 e. The Kier molecular flexibility index (Phi) is 4.11. The van der Waals surface area contributed by atoms with Crippen LogP contribution in [0.3, 0.4) is 0 Å². The zero-order valence-electron chi connectivity index (χ0n) is 12.1. The van der Waals surface area contributed by atoms with Gasteiger partial charge < -0.3 is 10.6 Å². The Hall–Kier alpha value is -2.34. The summed E-state index contributed by atoms with van der Waals surface area (Å²) < 4.78 is 0. The van der Waals surface area contributed by atoms with Crippen LogP contribution in [0.1, 0.15) is 22.8 Å². The van der Waals surface area contributed by atoms with Crippen molar-refractivity contribution < 1.29 is 9.59 Å². The van der Waals surface area contributed by atoms with Gasteiger partial charge in [-0.15, -0.1) is 11.8 Å². The molecule has 0 aliphatic carbocycles. The highest BCUT2D eigenvalue weighted by atomic mass is 32.2. The number of hydrogen-bond donors (Lipinski definition) is 2. The number of thioether (sulfide) groups is 1. The number of rotatable bonds is 4. The molecule has 0 unspecified atom stereocenters. The Morgan fingerprint density at radius 1 is 1.36 bits per heavy atom. The van der Waals surface area contributed by atoms with Crippen LogP contribution in [0.2, 0.25) is 0 Å². The molecule has 2 aromatic rings. The molecule has 1 aliphatic heterocycles. The number of amides is 2. The first kappa shape index (κ1) is 14.6. The van der Waals surface area contributed by atoms with E-state index in [1.165, 1.54) is 0 Å². The summed E-state index contributed by atoms with van der Waals surface area (Å²) in [6.45, 7) is 2.06. The maximum Gasteiger partial charge on any atom is 0.257 e. The Morgan fingerprint density at radius 2 is 2.23 bits per heavy atom. The first-order chi connectivity index (χ1) is 10.7. The molecule has 112 valence electrons. The van der Waals surface area contributed by atoms with Crippen molar-refractivity contribution in [2.45, 2.75) is 18.4 Å². The van der Waals surface area contributed by atoms with Crippen LogP contribution in [0.4, 0.5) is 11.4 Å². The number of nitrogens with zero attached hydrogens (tertiary/aromatic N) is 1. The average Bonchev–Trinajstić information content (AvgIpc) is 2.87. The molecule has 2 N–H and O–H groups in total. The van der Waals surface area contributed by atoms with Gasteiger partial charge in [0, 0.05) is 17.6 Å². The van der Waals surface area contributed by atoms with Crippen molar-refractivity contribution in [2.24, 2.45) is 0 Å². The molecule has 2 heterocycles. The first-order valence-corrected chi connectivity index (χ1v) is 7.97. The Bertz CT molecular complexity index is 729. The highest BCUT2D eigenvalue weighted by molar-refractivity contribution is 7.99. The highest BCUT2D eigenvalue weighted by Crippen LogP contribution is 2.26. The molecule has 5 nitrogen and oxygen atoms in total. The number of carbonyl (C=O) groups is 2. The van der Waals surface area contributed by atoms with E-state index in [2.05, 4.69) is 22.5 Å². The van der Waals surface area contributed by atoms with Gasteiger partial charge in [-0.05, 0) is 35.6 Å². The normalized spacial score (nSPS) is 12.7. The number of benzene rings is 1. The van der Waals surface area contributed by atoms with Gasteiger partial charge in [-0.25, -0.2) is 4.98 Å². The Morgan fingerprint density at radius 3 is 2.95 bits per heavy atom. The first-order valence-electron chi connectivity index (χ1n) is 6.98. The van der Waals surface area contributed by atoms with E-state index in [1.54, 1.807) is 36.2 Å². The van der Waals surface area contributed by atoms with Gasteiger partial charge in [-0.2, -0.15) is 0 Å². The van der Waals surface area contributed by atoms with Crippen LogP contribution in [-0.4, -0.2) is 22.6 Å². The molecule has 2 amide bonds. The fourth-order valence-corrected chi connectivity index (χ4v) is 2.83. The number of carbonyl (C=O) groups excluding carboxylic acids is 2. The van der Waals surface area contributed by atoms with E-state index < -0.39 is 0 Å². The van der Waals surface area contributed by atoms with Crippen LogP contribution < -0.4 is 10.6 Å². The smallest absolute Gasteiger partial charge is 0.257 e. The molecule has 0 bridgehead atoms. The third kappa shape index (κ3) is 3.12. The van der Waals surface area contributed by atoms with Gasteiger partial charge in [0.1, 0.15) is 0 Å². The summed E-state index contributed by atoms with van der Waals surface area (Å²) in [6.07, 6.45) is 1.96. The van der Waals surface area contributed by atoms with Crippen LogP contribution in [0.15, 0.2) is 41.6 Å². The number of anilines is 2. The van der Waals surface area contributed by atoms with E-state index in [0.717, 1.165) is 22.0 Å². The summed E-state index contributed by atoms with van der Waals surface area (Å²) in [5.74, 6) is 0.704. The third-order valence-electron chi connectivity index (χ3n) is 3.28. The van der Waals surface area contributed by atoms with E-state index in [4.69, 9.17) is 0 Å². The Balaban J connectivity index is 1.71. The van der Waals surface area contributed by atoms with E-state index in [1.807, 2.05) is 12.1 Å². The van der Waals surface area contributed by atoms with Gasteiger partial charge >= 0.3 is 0 Å². The fraction of sp³-hybridized carbons (Fsp3) is 0.188. The lowest BCUT2D eigenvalue weighted by Gasteiger charge is -2.07. The predicted octanol–water partition coefficient (Wildman–Crippen LogP) is 2.94. The van der Waals surface area contributed by atoms with Crippen LogP contribution in [0.25, 0.3) is 0 Å². The minimum absolute atomic E-state index is 0.0216. The molecule has 0 saturated carbocycles. The zero-order valence-corrected chi connectivity index (χ0v) is 12.9. The fourth-order valence-electron chi connectivity index (χ4n) is 2.24. The number of fused-ring (bicyclic) bond motifs is 1. The molecule has 1 aromatic carbocycles. The van der Waals surface area contributed by atoms with Crippen molar-refractivity contribution in [3.8, 4) is 0 Å². The van der Waals surface area contributed by atoms with Gasteiger partial charge in [0.15, 0.2) is 0 Å². The molecule has 1 aliphatic rings. The summed E-state index contributed by atoms with van der Waals surface area (Å²) in [5.41, 5.74) is 2.86. The van der Waals surface area contributed by atoms with Crippen LogP contribution in [-0.2, 0) is 11.2 Å². The van der Waals surface area contributed by atoms with Gasteiger partial charge in [0.2, 0.25) is 5.91 Å². The number of nitrogens with one attached hydrogen (secondary N) is 2. The molecule has 22 heavy (non-hydrogen) atoms. The molecule has 1 aromatic heterocycles. The standard InChI is InChI=1S/C16H15N3O2S/c1-2-22-15-6-4-11(9-17-15)16(21)18-12-5-3-10-7-14(20)19-13(10)8-12/h3-6,8-9H,2,7H2,1H3,(H,18,21)(H,19,20). The maximum atomic E-state index is 12.2. The second kappa shape index (κ2) is 6.19. The lowest BCUT2D eigenvalue weighted by molar-refractivity contribution is -0.115. The molecule has 0 fully saturated rings. The third-order valence-corrected chi connectivity index (χ3v) is 4.11. The summed E-state index contributed by atoms with van der Waals surface area (Å²) >= 11 is 1.63. The lowest BCUT2D eigenvalue weighted by atomic mass is 10.1. The van der Waals surface area contributed by atoms with Crippen LogP contribution >= 0.6 is 11.8 Å². The minimum atomic E-state index is -0.218. The average molecular weight is 313 g/mol. The molecule has 6 heteroatoms. The van der Waals surface area contributed by atoms with Gasteiger partial charge in [-0.1, -0.05) is 13.0 Å². The molecular weight excluding hydrogens is 298 g/mol. The van der Waals surface area contributed by atoms with Crippen LogP contribution in [0.5, 0.6) is 0 Å². The SMILES string of the molecule is CCSc1ccc(C(=O)Nc2ccc3c(c2)NC(=O)C3)cn1. The number of hydrogen-bond acceptors (Lipinski definition) is 4. The van der Waals surface area contributed by atoms with Gasteiger partial charge in [-0.3, -0.25) is 9.59 Å². The van der Waals surface area contributed by atoms with Gasteiger partial charge in [0.05, 0.1) is 17.0 Å². The molecule has 3 rings (SSSR count). The molecule has 0 spiro atoms. The maximum absolute atomic E-state index is 12.2. The summed E-state index contributed by atoms with van der Waals surface area (Å²) in [6, 6.07) is 9.02. The molecule has 0 radical (unpaired) electrons. The summed E-state index contributed by atoms with van der Waals surface area (Å²) in [4.78, 5) is 27.8. The number of pyridine rings is 1. The zero-order chi connectivity index (χ0) is 15.5. The van der Waals surface area contributed by atoms with Crippen molar-refractivity contribution >= 4 is 35.0 Å². The van der Waals surface area contributed by atoms with Gasteiger partial charge in [0.25, 0.3) is 5.91 Å². The second-order valence-corrected chi connectivity index (χ2v) is 6.15. The quantitative estimate of drug-likeness (QED) is 0.851. The van der Waals surface area contributed by atoms with E-state index in [0.29, 0.717) is 17.7 Å². The van der Waals surface area contributed by atoms with Crippen molar-refractivity contribution in [3.63, 3.8) is 0 Å². The predicted molar refractivity (Wildman–Crippen MR) is 87.4 cm³/mol. The van der Waals surface area contributed by atoms with E-state index >= 15 is 0 Å². The van der Waals surface area contributed by atoms with Crippen molar-refractivity contribution in [1.29, 1.82) is 0 Å². The highest BCUT2D eigenvalue weighted by Gasteiger charge is 2.18. The van der Waals surface area contributed by atoms with Crippen molar-refractivity contribution in [2.75, 3.05) is 16.4 Å². The summed E-state index contributed by atoms with van der Waals surface area (Å²) in [7, 11) is 0. The topological polar surface area (TPSA) is 71.1 Å². The van der Waals surface area contributed by atoms with E-state index in [9.17, 15) is 9.59 Å². The van der Waals surface area contributed by atoms with E-state index in [-0.39, 0.29) is 11.8 Å². The van der Waals surface area contributed by atoms with Crippen molar-refractivity contribution in [3.05, 3.63) is 47.7 Å². The second-order valence-electron chi connectivity index (χ2n) is 4.87.